The van der Waals surface area contributed by atoms with Crippen molar-refractivity contribution in [1.82, 2.24) is 5.43 Å². The van der Waals surface area contributed by atoms with E-state index in [0.717, 1.165) is 31.4 Å². The quantitative estimate of drug-likeness (QED) is 0.562. The number of hydrogen-bond acceptors (Lipinski definition) is 2. The molecule has 0 unspecified atom stereocenters. The zero-order chi connectivity index (χ0) is 11.1. The van der Waals surface area contributed by atoms with E-state index < -0.39 is 0 Å². The van der Waals surface area contributed by atoms with Gasteiger partial charge in [-0.25, -0.2) is 5.43 Å². The van der Waals surface area contributed by atoms with Gasteiger partial charge >= 0.3 is 0 Å². The Bertz CT molecular complexity index is 224. The first-order valence-electron chi connectivity index (χ1n) is 6.13. The van der Waals surface area contributed by atoms with E-state index >= 15 is 0 Å². The van der Waals surface area contributed by atoms with Crippen LogP contribution in [-0.2, 0) is 4.79 Å². The van der Waals surface area contributed by atoms with Crippen LogP contribution >= 0.6 is 0 Å². The van der Waals surface area contributed by atoms with Crippen molar-refractivity contribution in [2.24, 2.45) is 11.0 Å². The summed E-state index contributed by atoms with van der Waals surface area (Å²) in [6.45, 7) is 4.13. The number of hydrazone groups is 1. The standard InChI is InChI=1S/C12H22N2O/c1-3-11(4-2)13-14-12(15)10-8-6-5-7-9-10/h10H,3-9H2,1-2H3,(H,14,15). The van der Waals surface area contributed by atoms with Gasteiger partial charge in [-0.2, -0.15) is 5.10 Å². The topological polar surface area (TPSA) is 41.5 Å². The Morgan fingerprint density at radius 3 is 2.33 bits per heavy atom. The zero-order valence-corrected chi connectivity index (χ0v) is 9.88. The molecule has 0 aromatic carbocycles. The van der Waals surface area contributed by atoms with E-state index in [1.165, 1.54) is 19.3 Å². The second-order valence-electron chi connectivity index (χ2n) is 4.20. The van der Waals surface area contributed by atoms with Crippen LogP contribution in [0, 0.1) is 5.92 Å². The third kappa shape index (κ3) is 4.02. The van der Waals surface area contributed by atoms with Gasteiger partial charge in [-0.15, -0.1) is 0 Å². The van der Waals surface area contributed by atoms with Crippen molar-refractivity contribution in [1.29, 1.82) is 0 Å². The molecule has 1 rings (SSSR count). The molecule has 86 valence electrons. The summed E-state index contributed by atoms with van der Waals surface area (Å²) < 4.78 is 0. The lowest BCUT2D eigenvalue weighted by Gasteiger charge is -2.19. The smallest absolute Gasteiger partial charge is 0.243 e. The van der Waals surface area contributed by atoms with Crippen molar-refractivity contribution < 1.29 is 4.79 Å². The molecule has 3 nitrogen and oxygen atoms in total. The van der Waals surface area contributed by atoms with Crippen LogP contribution in [-0.4, -0.2) is 11.6 Å². The molecule has 15 heavy (non-hydrogen) atoms. The molecule has 0 atom stereocenters. The molecule has 1 fully saturated rings. The van der Waals surface area contributed by atoms with E-state index in [2.05, 4.69) is 24.4 Å². The maximum absolute atomic E-state index is 11.7. The van der Waals surface area contributed by atoms with Crippen molar-refractivity contribution >= 4 is 11.6 Å². The maximum atomic E-state index is 11.7. The van der Waals surface area contributed by atoms with Crippen LogP contribution in [0.5, 0.6) is 0 Å². The predicted molar refractivity (Wildman–Crippen MR) is 62.7 cm³/mol. The summed E-state index contributed by atoms with van der Waals surface area (Å²) in [5.74, 6) is 0.326. The van der Waals surface area contributed by atoms with Gasteiger partial charge < -0.3 is 0 Å². The van der Waals surface area contributed by atoms with Gasteiger partial charge in [0.2, 0.25) is 5.91 Å². The second kappa shape index (κ2) is 6.59. The van der Waals surface area contributed by atoms with Gasteiger partial charge in [-0.3, -0.25) is 4.79 Å². The molecule has 0 aromatic rings. The number of hydrogen-bond donors (Lipinski definition) is 1. The van der Waals surface area contributed by atoms with Crippen molar-refractivity contribution in [2.75, 3.05) is 0 Å². The Labute approximate surface area is 92.3 Å². The van der Waals surface area contributed by atoms with E-state index in [9.17, 15) is 4.79 Å². The fourth-order valence-electron chi connectivity index (χ4n) is 2.00. The monoisotopic (exact) mass is 210 g/mol. The lowest BCUT2D eigenvalue weighted by molar-refractivity contribution is -0.125. The van der Waals surface area contributed by atoms with Gasteiger partial charge in [0, 0.05) is 11.6 Å². The largest absolute Gasteiger partial charge is 0.273 e. The third-order valence-corrected chi connectivity index (χ3v) is 3.12. The first-order chi connectivity index (χ1) is 7.27. The Balaban J connectivity index is 2.37. The maximum Gasteiger partial charge on any atom is 0.243 e. The molecule has 1 N–H and O–H groups in total. The number of nitrogens with zero attached hydrogens (tertiary/aromatic N) is 1. The van der Waals surface area contributed by atoms with Crippen molar-refractivity contribution in [3.63, 3.8) is 0 Å². The van der Waals surface area contributed by atoms with Crippen LogP contribution < -0.4 is 5.43 Å². The zero-order valence-electron chi connectivity index (χ0n) is 9.88. The van der Waals surface area contributed by atoms with Crippen LogP contribution in [0.3, 0.4) is 0 Å². The molecule has 1 amide bonds. The molecule has 1 aliphatic carbocycles. The van der Waals surface area contributed by atoms with Crippen molar-refractivity contribution in [3.8, 4) is 0 Å². The molecule has 0 heterocycles. The van der Waals surface area contributed by atoms with Crippen molar-refractivity contribution in [2.45, 2.75) is 58.8 Å². The SMILES string of the molecule is CCC(CC)=NNC(=O)C1CCCCC1. The lowest BCUT2D eigenvalue weighted by atomic mass is 9.89. The molecule has 3 heteroatoms. The number of carbonyl (C=O) groups excluding carboxylic acids is 1. The molecular formula is C12H22N2O. The summed E-state index contributed by atoms with van der Waals surface area (Å²) in [5.41, 5.74) is 3.77. The normalized spacial score (nSPS) is 17.2. The second-order valence-corrected chi connectivity index (χ2v) is 4.20. The average molecular weight is 210 g/mol. The molecule has 0 saturated heterocycles. The summed E-state index contributed by atoms with van der Waals surface area (Å²) in [5, 5.41) is 4.15. The minimum Gasteiger partial charge on any atom is -0.273 e. The van der Waals surface area contributed by atoms with Gasteiger partial charge in [0.25, 0.3) is 0 Å². The Morgan fingerprint density at radius 2 is 1.80 bits per heavy atom. The van der Waals surface area contributed by atoms with E-state index in [1.807, 2.05) is 0 Å². The molecule has 0 radical (unpaired) electrons. The first-order valence-corrected chi connectivity index (χ1v) is 6.13. The number of nitrogens with one attached hydrogen (secondary N) is 1. The highest BCUT2D eigenvalue weighted by atomic mass is 16.2. The third-order valence-electron chi connectivity index (χ3n) is 3.12. The molecule has 0 aliphatic heterocycles. The van der Waals surface area contributed by atoms with Crippen molar-refractivity contribution in [3.05, 3.63) is 0 Å². The van der Waals surface area contributed by atoms with E-state index in [0.29, 0.717) is 0 Å². The highest BCUT2D eigenvalue weighted by molar-refractivity contribution is 5.86. The molecule has 0 bridgehead atoms. The fourth-order valence-corrected chi connectivity index (χ4v) is 2.00. The molecule has 1 saturated carbocycles. The molecular weight excluding hydrogens is 188 g/mol. The predicted octanol–water partition coefficient (Wildman–Crippen LogP) is 2.86. The van der Waals surface area contributed by atoms with Gasteiger partial charge in [-0.05, 0) is 25.7 Å². The number of amides is 1. The average Bonchev–Trinajstić information content (AvgIpc) is 2.31. The summed E-state index contributed by atoms with van der Waals surface area (Å²) in [4.78, 5) is 11.7. The van der Waals surface area contributed by atoms with E-state index in [1.54, 1.807) is 0 Å². The fraction of sp³-hybridized carbons (Fsp3) is 0.833. The Kier molecular flexibility index (Phi) is 5.37. The van der Waals surface area contributed by atoms with Crippen LogP contribution in [0.4, 0.5) is 0 Å². The van der Waals surface area contributed by atoms with Gasteiger partial charge in [0.05, 0.1) is 0 Å². The van der Waals surface area contributed by atoms with Gasteiger partial charge in [-0.1, -0.05) is 33.1 Å². The Hall–Kier alpha value is -0.860. The van der Waals surface area contributed by atoms with Crippen LogP contribution in [0.15, 0.2) is 5.10 Å². The first kappa shape index (κ1) is 12.2. The van der Waals surface area contributed by atoms with Crippen LogP contribution in [0.25, 0.3) is 0 Å². The highest BCUT2D eigenvalue weighted by Gasteiger charge is 2.20. The van der Waals surface area contributed by atoms with E-state index in [4.69, 9.17) is 0 Å². The summed E-state index contributed by atoms with van der Waals surface area (Å²) in [7, 11) is 0. The van der Waals surface area contributed by atoms with Gasteiger partial charge in [0.1, 0.15) is 0 Å². The number of carbonyl (C=O) groups is 1. The summed E-state index contributed by atoms with van der Waals surface area (Å²) in [6, 6.07) is 0. The molecule has 0 aromatic heterocycles. The Morgan fingerprint density at radius 1 is 1.20 bits per heavy atom. The van der Waals surface area contributed by atoms with Crippen LogP contribution in [0.2, 0.25) is 0 Å². The molecule has 0 spiro atoms. The number of rotatable bonds is 4. The summed E-state index contributed by atoms with van der Waals surface area (Å²) in [6.07, 6.45) is 7.57. The van der Waals surface area contributed by atoms with E-state index in [-0.39, 0.29) is 11.8 Å². The molecule has 1 aliphatic rings. The summed E-state index contributed by atoms with van der Waals surface area (Å²) >= 11 is 0. The van der Waals surface area contributed by atoms with Crippen LogP contribution in [0.1, 0.15) is 58.8 Å². The lowest BCUT2D eigenvalue weighted by Crippen LogP contribution is -2.29. The van der Waals surface area contributed by atoms with Gasteiger partial charge in [0.15, 0.2) is 0 Å². The highest BCUT2D eigenvalue weighted by Crippen LogP contribution is 2.23. The minimum absolute atomic E-state index is 0.120. The minimum atomic E-state index is 0.120.